The molecule has 0 aromatic heterocycles. The maximum absolute atomic E-state index is 10.8. The van der Waals surface area contributed by atoms with E-state index in [1.165, 1.54) is 6.07 Å². The third kappa shape index (κ3) is 3.03. The molecule has 0 heterocycles. The predicted octanol–water partition coefficient (Wildman–Crippen LogP) is 5.09. The fourth-order valence-corrected chi connectivity index (χ4v) is 2.36. The van der Waals surface area contributed by atoms with E-state index in [0.717, 1.165) is 0 Å². The average Bonchev–Trinajstić information content (AvgIpc) is 2.38. The fourth-order valence-electron chi connectivity index (χ4n) is 1.79. The third-order valence-corrected chi connectivity index (χ3v) is 3.42. The SMILES string of the molecule is Cc1cc(Oc2cccc(Cl)c2CCl)ccc1[N+](=O)[O-]. The number of hydrogen-bond donors (Lipinski definition) is 0. The molecular weight excluding hydrogens is 301 g/mol. The molecular formula is C14H11Cl2NO3. The van der Waals surface area contributed by atoms with Crippen molar-refractivity contribution in [3.8, 4) is 11.5 Å². The predicted molar refractivity (Wildman–Crippen MR) is 78.9 cm³/mol. The van der Waals surface area contributed by atoms with Crippen molar-refractivity contribution in [2.45, 2.75) is 12.8 Å². The highest BCUT2D eigenvalue weighted by Gasteiger charge is 2.13. The van der Waals surface area contributed by atoms with Gasteiger partial charge in [-0.05, 0) is 31.2 Å². The van der Waals surface area contributed by atoms with Gasteiger partial charge in [0.25, 0.3) is 5.69 Å². The molecule has 2 rings (SSSR count). The van der Waals surface area contributed by atoms with Crippen molar-refractivity contribution >= 4 is 28.9 Å². The van der Waals surface area contributed by atoms with Crippen molar-refractivity contribution in [2.75, 3.05) is 0 Å². The van der Waals surface area contributed by atoms with Crippen LogP contribution < -0.4 is 4.74 Å². The normalized spacial score (nSPS) is 10.3. The minimum absolute atomic E-state index is 0.0565. The van der Waals surface area contributed by atoms with E-state index in [1.54, 1.807) is 37.3 Å². The van der Waals surface area contributed by atoms with Crippen molar-refractivity contribution < 1.29 is 9.66 Å². The summed E-state index contributed by atoms with van der Waals surface area (Å²) >= 11 is 11.9. The van der Waals surface area contributed by atoms with Crippen LogP contribution in [0, 0.1) is 17.0 Å². The quantitative estimate of drug-likeness (QED) is 0.449. The Bertz CT molecular complexity index is 659. The number of halogens is 2. The van der Waals surface area contributed by atoms with Crippen LogP contribution in [0.15, 0.2) is 36.4 Å². The molecule has 0 aliphatic rings. The van der Waals surface area contributed by atoms with E-state index >= 15 is 0 Å². The molecule has 0 aliphatic carbocycles. The molecule has 0 amide bonds. The lowest BCUT2D eigenvalue weighted by Gasteiger charge is -2.11. The van der Waals surface area contributed by atoms with E-state index in [9.17, 15) is 10.1 Å². The zero-order valence-corrected chi connectivity index (χ0v) is 12.1. The highest BCUT2D eigenvalue weighted by Crippen LogP contribution is 2.33. The molecule has 0 radical (unpaired) electrons. The summed E-state index contributed by atoms with van der Waals surface area (Å²) in [6.07, 6.45) is 0. The number of nitro benzene ring substituents is 1. The number of hydrogen-bond acceptors (Lipinski definition) is 3. The van der Waals surface area contributed by atoms with Crippen LogP contribution in [-0.4, -0.2) is 4.92 Å². The smallest absolute Gasteiger partial charge is 0.272 e. The Morgan fingerprint density at radius 3 is 2.65 bits per heavy atom. The Labute approximate surface area is 126 Å². The number of rotatable bonds is 4. The number of aryl methyl sites for hydroxylation is 1. The molecule has 0 unspecified atom stereocenters. The summed E-state index contributed by atoms with van der Waals surface area (Å²) in [4.78, 5) is 10.3. The first-order chi connectivity index (χ1) is 9.52. The number of alkyl halides is 1. The van der Waals surface area contributed by atoms with Crippen molar-refractivity contribution in [3.63, 3.8) is 0 Å². The molecule has 2 aromatic rings. The number of nitrogens with zero attached hydrogens (tertiary/aromatic N) is 1. The van der Waals surface area contributed by atoms with Gasteiger partial charge in [0.1, 0.15) is 11.5 Å². The van der Waals surface area contributed by atoms with Crippen molar-refractivity contribution in [1.82, 2.24) is 0 Å². The third-order valence-electron chi connectivity index (χ3n) is 2.80. The molecule has 0 bridgehead atoms. The van der Waals surface area contributed by atoms with Gasteiger partial charge in [0, 0.05) is 22.2 Å². The molecule has 0 fully saturated rings. The van der Waals surface area contributed by atoms with Crippen LogP contribution in [0.2, 0.25) is 5.02 Å². The molecule has 0 spiro atoms. The summed E-state index contributed by atoms with van der Waals surface area (Å²) in [5.74, 6) is 1.27. The lowest BCUT2D eigenvalue weighted by Crippen LogP contribution is -1.94. The lowest BCUT2D eigenvalue weighted by molar-refractivity contribution is -0.385. The van der Waals surface area contributed by atoms with Gasteiger partial charge in [-0.1, -0.05) is 17.7 Å². The Kier molecular flexibility index (Phi) is 4.47. The van der Waals surface area contributed by atoms with Gasteiger partial charge in [-0.2, -0.15) is 0 Å². The largest absolute Gasteiger partial charge is 0.457 e. The van der Waals surface area contributed by atoms with Crippen LogP contribution in [0.25, 0.3) is 0 Å². The first-order valence-electron chi connectivity index (χ1n) is 5.79. The summed E-state index contributed by atoms with van der Waals surface area (Å²) in [6.45, 7) is 1.66. The standard InChI is InChI=1S/C14H11Cl2NO3/c1-9-7-10(5-6-13(9)17(18)19)20-14-4-2-3-12(16)11(14)8-15/h2-7H,8H2,1H3. The Hall–Kier alpha value is -1.78. The number of nitro groups is 1. The van der Waals surface area contributed by atoms with Gasteiger partial charge in [0.15, 0.2) is 0 Å². The van der Waals surface area contributed by atoms with Crippen molar-refractivity contribution in [2.24, 2.45) is 0 Å². The van der Waals surface area contributed by atoms with Crippen LogP contribution in [0.5, 0.6) is 11.5 Å². The van der Waals surface area contributed by atoms with Crippen LogP contribution in [0.3, 0.4) is 0 Å². The van der Waals surface area contributed by atoms with Gasteiger partial charge in [-0.3, -0.25) is 10.1 Å². The fraction of sp³-hybridized carbons (Fsp3) is 0.143. The summed E-state index contributed by atoms with van der Waals surface area (Å²) in [7, 11) is 0. The van der Waals surface area contributed by atoms with E-state index in [1.807, 2.05) is 0 Å². The van der Waals surface area contributed by atoms with E-state index in [-0.39, 0.29) is 11.6 Å². The van der Waals surface area contributed by atoms with E-state index in [2.05, 4.69) is 0 Å². The molecule has 0 saturated heterocycles. The summed E-state index contributed by atoms with van der Waals surface area (Å²) in [5, 5.41) is 11.3. The second-order valence-electron chi connectivity index (χ2n) is 4.16. The van der Waals surface area contributed by atoms with Crippen molar-refractivity contribution in [3.05, 3.63) is 62.7 Å². The van der Waals surface area contributed by atoms with Gasteiger partial charge >= 0.3 is 0 Å². The van der Waals surface area contributed by atoms with Gasteiger partial charge < -0.3 is 4.74 Å². The zero-order chi connectivity index (χ0) is 14.7. The molecule has 4 nitrogen and oxygen atoms in total. The van der Waals surface area contributed by atoms with Gasteiger partial charge in [-0.15, -0.1) is 11.6 Å². The first-order valence-corrected chi connectivity index (χ1v) is 6.70. The highest BCUT2D eigenvalue weighted by molar-refractivity contribution is 6.32. The lowest BCUT2D eigenvalue weighted by atomic mass is 10.2. The Morgan fingerprint density at radius 1 is 1.30 bits per heavy atom. The average molecular weight is 312 g/mol. The topological polar surface area (TPSA) is 52.4 Å². The molecule has 20 heavy (non-hydrogen) atoms. The molecule has 0 atom stereocenters. The van der Waals surface area contributed by atoms with Crippen LogP contribution >= 0.6 is 23.2 Å². The Morgan fingerprint density at radius 2 is 2.05 bits per heavy atom. The van der Waals surface area contributed by atoms with Crippen LogP contribution in [0.4, 0.5) is 5.69 Å². The van der Waals surface area contributed by atoms with E-state index in [0.29, 0.717) is 27.6 Å². The van der Waals surface area contributed by atoms with Crippen LogP contribution in [-0.2, 0) is 5.88 Å². The van der Waals surface area contributed by atoms with Gasteiger partial charge in [0.2, 0.25) is 0 Å². The van der Waals surface area contributed by atoms with E-state index < -0.39 is 4.92 Å². The molecule has 104 valence electrons. The molecule has 0 N–H and O–H groups in total. The first kappa shape index (κ1) is 14.6. The minimum Gasteiger partial charge on any atom is -0.457 e. The molecule has 2 aromatic carbocycles. The molecule has 6 heteroatoms. The highest BCUT2D eigenvalue weighted by atomic mass is 35.5. The summed E-state index contributed by atoms with van der Waals surface area (Å²) in [5.41, 5.74) is 1.27. The number of ether oxygens (including phenoxy) is 1. The zero-order valence-electron chi connectivity index (χ0n) is 10.6. The molecule has 0 aliphatic heterocycles. The summed E-state index contributed by atoms with van der Waals surface area (Å²) < 4.78 is 5.71. The second kappa shape index (κ2) is 6.11. The second-order valence-corrected chi connectivity index (χ2v) is 4.83. The maximum Gasteiger partial charge on any atom is 0.272 e. The van der Waals surface area contributed by atoms with Crippen molar-refractivity contribution in [1.29, 1.82) is 0 Å². The number of benzene rings is 2. The Balaban J connectivity index is 2.34. The maximum atomic E-state index is 10.8. The van der Waals surface area contributed by atoms with Crippen LogP contribution in [0.1, 0.15) is 11.1 Å². The minimum atomic E-state index is -0.428. The molecule has 0 saturated carbocycles. The summed E-state index contributed by atoms with van der Waals surface area (Å²) in [6, 6.07) is 9.80. The van der Waals surface area contributed by atoms with E-state index in [4.69, 9.17) is 27.9 Å². The monoisotopic (exact) mass is 311 g/mol. The van der Waals surface area contributed by atoms with Gasteiger partial charge in [0.05, 0.1) is 10.8 Å². The van der Waals surface area contributed by atoms with Gasteiger partial charge in [-0.25, -0.2) is 0 Å².